The van der Waals surface area contributed by atoms with Crippen molar-refractivity contribution in [1.29, 1.82) is 0 Å². The van der Waals surface area contributed by atoms with Crippen LogP contribution < -0.4 is 11.5 Å². The Balaban J connectivity index is 2.22. The molecule has 2 heterocycles. The van der Waals surface area contributed by atoms with E-state index < -0.39 is 5.91 Å². The molecule has 3 rings (SSSR count). The van der Waals surface area contributed by atoms with Gasteiger partial charge in [0.15, 0.2) is 0 Å². The van der Waals surface area contributed by atoms with Crippen LogP contribution in [0.2, 0.25) is 10.0 Å². The van der Waals surface area contributed by atoms with Crippen LogP contribution >= 0.6 is 23.2 Å². The maximum atomic E-state index is 11.7. The lowest BCUT2D eigenvalue weighted by molar-refractivity contribution is 0.0995. The number of aromatic nitrogens is 4. The summed E-state index contributed by atoms with van der Waals surface area (Å²) in [6.45, 7) is 0.567. The number of nitrogens with zero attached hydrogens (tertiary/aromatic N) is 4. The Morgan fingerprint density at radius 2 is 2.04 bits per heavy atom. The van der Waals surface area contributed by atoms with Crippen molar-refractivity contribution < 1.29 is 4.79 Å². The zero-order valence-corrected chi connectivity index (χ0v) is 14.5. The van der Waals surface area contributed by atoms with E-state index in [-0.39, 0.29) is 12.2 Å². The Hall–Kier alpha value is -2.48. The summed E-state index contributed by atoms with van der Waals surface area (Å²) in [5, 5.41) is 4.98. The second kappa shape index (κ2) is 7.18. The number of primary amides is 1. The predicted molar refractivity (Wildman–Crippen MR) is 95.2 cm³/mol. The van der Waals surface area contributed by atoms with E-state index in [1.54, 1.807) is 35.3 Å². The maximum absolute atomic E-state index is 11.7. The number of carbonyl (C=O) groups excluding carboxylic acids is 1. The Kier molecular flexibility index (Phi) is 4.98. The fraction of sp³-hybridized carbons (Fsp3) is 0.125. The van der Waals surface area contributed by atoms with Gasteiger partial charge < -0.3 is 11.5 Å². The number of nitrogens with two attached hydrogens (primary N) is 2. The van der Waals surface area contributed by atoms with Crippen LogP contribution in [0.3, 0.4) is 0 Å². The van der Waals surface area contributed by atoms with Crippen LogP contribution in [0.15, 0.2) is 36.9 Å². The minimum absolute atomic E-state index is 0.119. The van der Waals surface area contributed by atoms with Crippen LogP contribution in [-0.4, -0.2) is 25.7 Å². The second-order valence-corrected chi connectivity index (χ2v) is 6.12. The zero-order chi connectivity index (χ0) is 18.0. The zero-order valence-electron chi connectivity index (χ0n) is 13.0. The average Bonchev–Trinajstić information content (AvgIpc) is 3.07. The minimum Gasteiger partial charge on any atom is -0.364 e. The maximum Gasteiger partial charge on any atom is 0.267 e. The molecular weight excluding hydrogens is 363 g/mol. The van der Waals surface area contributed by atoms with E-state index in [1.807, 2.05) is 0 Å². The highest BCUT2D eigenvalue weighted by atomic mass is 35.5. The van der Waals surface area contributed by atoms with Gasteiger partial charge in [-0.2, -0.15) is 5.10 Å². The number of rotatable bonds is 5. The first-order valence-electron chi connectivity index (χ1n) is 7.30. The molecule has 0 saturated carbocycles. The molecule has 0 atom stereocenters. The van der Waals surface area contributed by atoms with Gasteiger partial charge in [-0.05, 0) is 35.4 Å². The second-order valence-electron chi connectivity index (χ2n) is 5.28. The largest absolute Gasteiger partial charge is 0.364 e. The summed E-state index contributed by atoms with van der Waals surface area (Å²) >= 11 is 12.3. The molecule has 0 fully saturated rings. The Morgan fingerprint density at radius 1 is 1.24 bits per heavy atom. The number of hydrogen-bond acceptors (Lipinski definition) is 5. The van der Waals surface area contributed by atoms with Crippen molar-refractivity contribution in [2.45, 2.75) is 13.1 Å². The van der Waals surface area contributed by atoms with E-state index in [9.17, 15) is 4.79 Å². The molecule has 2 aromatic heterocycles. The van der Waals surface area contributed by atoms with Crippen molar-refractivity contribution in [2.24, 2.45) is 11.5 Å². The topological polar surface area (TPSA) is 113 Å². The molecule has 1 amide bonds. The van der Waals surface area contributed by atoms with Crippen LogP contribution in [0.4, 0.5) is 0 Å². The molecule has 0 unspecified atom stereocenters. The number of pyridine rings is 1. The summed E-state index contributed by atoms with van der Waals surface area (Å²) < 4.78 is 1.62. The molecule has 1 aromatic carbocycles. The van der Waals surface area contributed by atoms with Crippen LogP contribution in [0.25, 0.3) is 11.3 Å². The van der Waals surface area contributed by atoms with E-state index in [4.69, 9.17) is 34.7 Å². The van der Waals surface area contributed by atoms with Crippen LogP contribution in [0.5, 0.6) is 0 Å². The molecule has 7 nitrogen and oxygen atoms in total. The number of halogens is 2. The fourth-order valence-electron chi connectivity index (χ4n) is 2.51. The van der Waals surface area contributed by atoms with Gasteiger partial charge in [-0.15, -0.1) is 0 Å². The molecule has 0 aliphatic heterocycles. The third-order valence-corrected chi connectivity index (χ3v) is 4.21. The molecule has 0 spiro atoms. The van der Waals surface area contributed by atoms with Gasteiger partial charge >= 0.3 is 0 Å². The van der Waals surface area contributed by atoms with Gasteiger partial charge in [0.25, 0.3) is 5.91 Å². The Labute approximate surface area is 153 Å². The van der Waals surface area contributed by atoms with Gasteiger partial charge in [0.1, 0.15) is 18.3 Å². The molecule has 3 aromatic rings. The Morgan fingerprint density at radius 3 is 2.64 bits per heavy atom. The summed E-state index contributed by atoms with van der Waals surface area (Å²) in [4.78, 5) is 20.0. The molecule has 128 valence electrons. The first kappa shape index (κ1) is 17.3. The van der Waals surface area contributed by atoms with Crippen LogP contribution in [-0.2, 0) is 13.1 Å². The third kappa shape index (κ3) is 3.63. The first-order chi connectivity index (χ1) is 12.0. The summed E-state index contributed by atoms with van der Waals surface area (Å²) in [7, 11) is 0. The predicted octanol–water partition coefficient (Wildman–Crippen LogP) is 2.25. The molecule has 0 radical (unpaired) electrons. The Bertz CT molecular complexity index is 927. The number of carbonyl (C=O) groups is 1. The highest BCUT2D eigenvalue weighted by molar-refractivity contribution is 6.36. The monoisotopic (exact) mass is 376 g/mol. The summed E-state index contributed by atoms with van der Waals surface area (Å²) in [5.41, 5.74) is 14.1. The van der Waals surface area contributed by atoms with Gasteiger partial charge in [0.05, 0.1) is 17.3 Å². The quantitative estimate of drug-likeness (QED) is 0.708. The molecule has 25 heavy (non-hydrogen) atoms. The third-order valence-electron chi connectivity index (χ3n) is 3.66. The lowest BCUT2D eigenvalue weighted by Gasteiger charge is -2.15. The lowest BCUT2D eigenvalue weighted by atomic mass is 9.99. The van der Waals surface area contributed by atoms with Crippen molar-refractivity contribution in [3.8, 4) is 11.3 Å². The van der Waals surface area contributed by atoms with Crippen LogP contribution in [0.1, 0.15) is 21.6 Å². The van der Waals surface area contributed by atoms with E-state index in [2.05, 4.69) is 15.1 Å². The van der Waals surface area contributed by atoms with Crippen molar-refractivity contribution in [3.05, 3.63) is 63.8 Å². The van der Waals surface area contributed by atoms with E-state index >= 15 is 0 Å². The summed E-state index contributed by atoms with van der Waals surface area (Å²) in [5.74, 6) is -0.644. The number of hydrogen-bond donors (Lipinski definition) is 2. The van der Waals surface area contributed by atoms with Crippen LogP contribution in [0, 0.1) is 0 Å². The van der Waals surface area contributed by atoms with Gasteiger partial charge in [-0.1, -0.05) is 23.2 Å². The highest BCUT2D eigenvalue weighted by Crippen LogP contribution is 2.33. The average molecular weight is 377 g/mol. The normalized spacial score (nSPS) is 10.8. The SMILES string of the molecule is NCc1c(Cn2cncn2)cc(C(N)=O)nc1-c1ccc(Cl)cc1Cl. The fourth-order valence-corrected chi connectivity index (χ4v) is 3.01. The minimum atomic E-state index is -0.644. The molecule has 0 aliphatic rings. The van der Waals surface area contributed by atoms with Crippen molar-refractivity contribution in [2.75, 3.05) is 0 Å². The smallest absolute Gasteiger partial charge is 0.267 e. The molecule has 0 aliphatic carbocycles. The molecule has 9 heteroatoms. The number of amides is 1. The standard InChI is InChI=1S/C16H14Cl2N6O/c17-10-1-2-11(13(18)4-10)15-12(5-19)9(3-14(23-15)16(20)25)6-24-8-21-7-22-24/h1-4,7-8H,5-6,19H2,(H2,20,25). The van der Waals surface area contributed by atoms with Gasteiger partial charge in [-0.3, -0.25) is 4.79 Å². The molecular formula is C16H14Cl2N6O. The van der Waals surface area contributed by atoms with Crippen molar-refractivity contribution in [1.82, 2.24) is 19.7 Å². The molecule has 0 bridgehead atoms. The van der Waals surface area contributed by atoms with E-state index in [0.717, 1.165) is 11.1 Å². The molecule has 4 N–H and O–H groups in total. The van der Waals surface area contributed by atoms with Crippen molar-refractivity contribution in [3.63, 3.8) is 0 Å². The van der Waals surface area contributed by atoms with Gasteiger partial charge in [-0.25, -0.2) is 14.6 Å². The summed E-state index contributed by atoms with van der Waals surface area (Å²) in [6.07, 6.45) is 2.99. The van der Waals surface area contributed by atoms with Gasteiger partial charge in [0.2, 0.25) is 0 Å². The van der Waals surface area contributed by atoms with E-state index in [0.29, 0.717) is 27.8 Å². The van der Waals surface area contributed by atoms with E-state index in [1.165, 1.54) is 6.33 Å². The number of benzene rings is 1. The lowest BCUT2D eigenvalue weighted by Crippen LogP contribution is -2.17. The molecule has 0 saturated heterocycles. The first-order valence-corrected chi connectivity index (χ1v) is 8.05. The summed E-state index contributed by atoms with van der Waals surface area (Å²) in [6, 6.07) is 6.64. The van der Waals surface area contributed by atoms with Gasteiger partial charge in [0, 0.05) is 17.1 Å². The van der Waals surface area contributed by atoms with Crippen molar-refractivity contribution >= 4 is 29.1 Å². The highest BCUT2D eigenvalue weighted by Gasteiger charge is 2.18.